The fourth-order valence-corrected chi connectivity index (χ4v) is 5.79. The van der Waals surface area contributed by atoms with Gasteiger partial charge >= 0.3 is 0 Å². The van der Waals surface area contributed by atoms with Crippen LogP contribution in [0, 0.1) is 12.8 Å². The lowest BCUT2D eigenvalue weighted by atomic mass is 9.88. The van der Waals surface area contributed by atoms with Gasteiger partial charge in [-0.1, -0.05) is 50.2 Å². The number of carbonyl (C=O) groups excluding carboxylic acids is 2. The summed E-state index contributed by atoms with van der Waals surface area (Å²) in [4.78, 5) is 27.7. The maximum absolute atomic E-state index is 13.1. The summed E-state index contributed by atoms with van der Waals surface area (Å²) in [5, 5.41) is 0. The molecule has 1 aliphatic rings. The monoisotopic (exact) mass is 442 g/mol. The molecule has 7 heteroatoms. The topological polar surface area (TPSA) is 74.8 Å². The molecule has 1 amide bonds. The molecule has 1 saturated heterocycles. The van der Waals surface area contributed by atoms with Crippen LogP contribution >= 0.6 is 0 Å². The van der Waals surface area contributed by atoms with Gasteiger partial charge < -0.3 is 4.90 Å². The Morgan fingerprint density at radius 1 is 0.968 bits per heavy atom. The number of rotatable bonds is 7. The second-order valence-electron chi connectivity index (χ2n) is 7.87. The van der Waals surface area contributed by atoms with E-state index in [4.69, 9.17) is 0 Å². The van der Waals surface area contributed by atoms with Gasteiger partial charge in [0.2, 0.25) is 10.0 Å². The summed E-state index contributed by atoms with van der Waals surface area (Å²) >= 11 is 0. The molecule has 2 aromatic rings. The highest BCUT2D eigenvalue weighted by Gasteiger charge is 2.30. The van der Waals surface area contributed by atoms with Crippen molar-refractivity contribution in [1.29, 1.82) is 0 Å². The van der Waals surface area contributed by atoms with Gasteiger partial charge in [0, 0.05) is 43.2 Å². The number of aryl methyl sites for hydroxylation is 1. The first-order chi connectivity index (χ1) is 14.8. The third-order valence-electron chi connectivity index (χ3n) is 5.97. The van der Waals surface area contributed by atoms with Gasteiger partial charge in [0.15, 0.2) is 5.78 Å². The van der Waals surface area contributed by atoms with E-state index in [2.05, 4.69) is 0 Å². The average molecular weight is 443 g/mol. The van der Waals surface area contributed by atoms with Crippen molar-refractivity contribution in [3.63, 3.8) is 0 Å². The summed E-state index contributed by atoms with van der Waals surface area (Å²) in [6.07, 6.45) is 1.21. The Hall–Kier alpha value is -2.51. The molecule has 0 saturated carbocycles. The van der Waals surface area contributed by atoms with Gasteiger partial charge in [0.25, 0.3) is 5.91 Å². The lowest BCUT2D eigenvalue weighted by molar-refractivity contribution is 0.0650. The Labute approximate surface area is 184 Å². The third-order valence-corrected chi connectivity index (χ3v) is 8.16. The first kappa shape index (κ1) is 23.2. The first-order valence-electron chi connectivity index (χ1n) is 10.8. The van der Waals surface area contributed by atoms with Gasteiger partial charge in [-0.3, -0.25) is 9.59 Å². The quantitative estimate of drug-likeness (QED) is 0.612. The number of nitrogens with zero attached hydrogens (tertiary/aromatic N) is 2. The normalized spacial score (nSPS) is 15.3. The van der Waals surface area contributed by atoms with Crippen molar-refractivity contribution in [3.8, 4) is 0 Å². The summed E-state index contributed by atoms with van der Waals surface area (Å²) in [5.74, 6) is -0.166. The van der Waals surface area contributed by atoms with E-state index in [1.165, 1.54) is 10.4 Å². The molecule has 0 atom stereocenters. The predicted molar refractivity (Wildman–Crippen MR) is 121 cm³/mol. The Bertz CT molecular complexity index is 1040. The molecular weight excluding hydrogens is 412 g/mol. The number of carbonyl (C=O) groups is 2. The van der Waals surface area contributed by atoms with Crippen molar-refractivity contribution < 1.29 is 18.0 Å². The van der Waals surface area contributed by atoms with E-state index in [0.29, 0.717) is 55.7 Å². The predicted octanol–water partition coefficient (Wildman–Crippen LogP) is 3.76. The molecule has 0 aliphatic carbocycles. The molecule has 0 spiro atoms. The van der Waals surface area contributed by atoms with Crippen LogP contribution in [0.15, 0.2) is 53.4 Å². The highest BCUT2D eigenvalue weighted by Crippen LogP contribution is 2.25. The molecule has 1 heterocycles. The molecule has 0 bridgehead atoms. The fraction of sp³-hybridized carbons (Fsp3) is 0.417. The number of hydrogen-bond acceptors (Lipinski definition) is 4. The number of Topliss-reactive ketones (excluding diaryl/α,β-unsaturated/α-hetero) is 1. The summed E-state index contributed by atoms with van der Waals surface area (Å²) in [7, 11) is -3.65. The van der Waals surface area contributed by atoms with Gasteiger partial charge in [0.05, 0.1) is 4.90 Å². The highest BCUT2D eigenvalue weighted by molar-refractivity contribution is 7.89. The Morgan fingerprint density at radius 3 is 2.16 bits per heavy atom. The number of likely N-dealkylation sites (tertiary alicyclic amines) is 1. The van der Waals surface area contributed by atoms with Gasteiger partial charge in [-0.2, -0.15) is 4.31 Å². The van der Waals surface area contributed by atoms with E-state index in [1.807, 2.05) is 30.3 Å². The number of piperidine rings is 1. The maximum atomic E-state index is 13.1. The van der Waals surface area contributed by atoms with Crippen LogP contribution in [0.2, 0.25) is 0 Å². The molecule has 1 fully saturated rings. The zero-order valence-electron chi connectivity index (χ0n) is 18.4. The largest absolute Gasteiger partial charge is 0.339 e. The smallest absolute Gasteiger partial charge is 0.253 e. The van der Waals surface area contributed by atoms with Crippen LogP contribution in [0.25, 0.3) is 0 Å². The zero-order chi connectivity index (χ0) is 22.6. The third kappa shape index (κ3) is 4.88. The molecule has 6 nitrogen and oxygen atoms in total. The van der Waals surface area contributed by atoms with Crippen molar-refractivity contribution >= 4 is 21.7 Å². The second-order valence-corrected chi connectivity index (χ2v) is 9.77. The fourth-order valence-electron chi connectivity index (χ4n) is 4.08. The molecule has 3 rings (SSSR count). The van der Waals surface area contributed by atoms with E-state index < -0.39 is 10.0 Å². The first-order valence-corrected chi connectivity index (χ1v) is 12.2. The van der Waals surface area contributed by atoms with Gasteiger partial charge in [0.1, 0.15) is 0 Å². The van der Waals surface area contributed by atoms with Gasteiger partial charge in [-0.05, 0) is 37.5 Å². The number of benzene rings is 2. The van der Waals surface area contributed by atoms with Crippen molar-refractivity contribution in [2.75, 3.05) is 26.2 Å². The van der Waals surface area contributed by atoms with E-state index in [1.54, 1.807) is 37.8 Å². The Balaban J connectivity index is 1.74. The van der Waals surface area contributed by atoms with E-state index in [0.717, 1.165) is 0 Å². The average Bonchev–Trinajstić information content (AvgIpc) is 2.79. The van der Waals surface area contributed by atoms with Crippen LogP contribution in [-0.2, 0) is 10.0 Å². The number of amides is 1. The minimum absolute atomic E-state index is 0.0944. The maximum Gasteiger partial charge on any atom is 0.253 e. The molecule has 31 heavy (non-hydrogen) atoms. The van der Waals surface area contributed by atoms with Gasteiger partial charge in [-0.15, -0.1) is 0 Å². The molecule has 0 aromatic heterocycles. The standard InChI is InChI=1S/C24H30N2O4S/c1-4-26(5-2)31(29,30)22-17-21(12-11-18(22)3)24(28)25-15-13-20(14-16-25)23(27)19-9-7-6-8-10-19/h6-12,17,20H,4-5,13-16H2,1-3H3. The lowest BCUT2D eigenvalue weighted by Crippen LogP contribution is -2.40. The van der Waals surface area contributed by atoms with Crippen LogP contribution in [0.5, 0.6) is 0 Å². The molecular formula is C24H30N2O4S. The van der Waals surface area contributed by atoms with E-state index >= 15 is 0 Å². The Morgan fingerprint density at radius 2 is 1.58 bits per heavy atom. The van der Waals surface area contributed by atoms with Crippen LogP contribution in [-0.4, -0.2) is 55.5 Å². The summed E-state index contributed by atoms with van der Waals surface area (Å²) in [6, 6.07) is 14.1. The molecule has 166 valence electrons. The summed E-state index contributed by atoms with van der Waals surface area (Å²) in [5.41, 5.74) is 1.69. The van der Waals surface area contributed by atoms with Crippen LogP contribution in [0.4, 0.5) is 0 Å². The van der Waals surface area contributed by atoms with Crippen LogP contribution in [0.1, 0.15) is 53.0 Å². The second kappa shape index (κ2) is 9.75. The SMILES string of the molecule is CCN(CC)S(=O)(=O)c1cc(C(=O)N2CCC(C(=O)c3ccccc3)CC2)ccc1C. The van der Waals surface area contributed by atoms with Crippen molar-refractivity contribution in [3.05, 3.63) is 65.2 Å². The molecule has 1 aliphatic heterocycles. The minimum Gasteiger partial charge on any atom is -0.339 e. The molecule has 2 aromatic carbocycles. The summed E-state index contributed by atoms with van der Waals surface area (Å²) in [6.45, 7) is 7.05. The van der Waals surface area contributed by atoms with Crippen molar-refractivity contribution in [2.24, 2.45) is 5.92 Å². The minimum atomic E-state index is -3.65. The molecule has 0 radical (unpaired) electrons. The Kier molecular flexibility index (Phi) is 7.28. The summed E-state index contributed by atoms with van der Waals surface area (Å²) < 4.78 is 27.4. The zero-order valence-corrected chi connectivity index (χ0v) is 19.2. The number of hydrogen-bond donors (Lipinski definition) is 0. The van der Waals surface area contributed by atoms with Crippen molar-refractivity contribution in [1.82, 2.24) is 9.21 Å². The highest BCUT2D eigenvalue weighted by atomic mass is 32.2. The van der Waals surface area contributed by atoms with E-state index in [-0.39, 0.29) is 22.5 Å². The van der Waals surface area contributed by atoms with Crippen LogP contribution < -0.4 is 0 Å². The molecule has 0 unspecified atom stereocenters. The number of ketones is 1. The van der Waals surface area contributed by atoms with Crippen molar-refractivity contribution in [2.45, 2.75) is 38.5 Å². The van der Waals surface area contributed by atoms with E-state index in [9.17, 15) is 18.0 Å². The van der Waals surface area contributed by atoms with Crippen LogP contribution in [0.3, 0.4) is 0 Å². The van der Waals surface area contributed by atoms with Gasteiger partial charge in [-0.25, -0.2) is 8.42 Å². The molecule has 0 N–H and O–H groups in total. The lowest BCUT2D eigenvalue weighted by Gasteiger charge is -2.31. The number of sulfonamides is 1.